The number of amides is 1. The molecule has 2 heterocycles. The van der Waals surface area contributed by atoms with E-state index >= 15 is 0 Å². The van der Waals surface area contributed by atoms with Crippen molar-refractivity contribution in [2.75, 3.05) is 13.1 Å². The molecule has 3 rings (SSSR count). The first-order chi connectivity index (χ1) is 13.0. The molecule has 2 aromatic rings. The fourth-order valence-corrected chi connectivity index (χ4v) is 3.68. The molecule has 2 atom stereocenters. The van der Waals surface area contributed by atoms with E-state index in [-0.39, 0.29) is 18.2 Å². The summed E-state index contributed by atoms with van der Waals surface area (Å²) in [7, 11) is 0. The molecule has 1 aromatic carbocycles. The highest BCUT2D eigenvalue weighted by Gasteiger charge is 2.31. The molecule has 0 aliphatic carbocycles. The second-order valence-electron chi connectivity index (χ2n) is 7.10. The number of rotatable bonds is 7. The molecular formula is C19H25N5O3. The molecule has 2 unspecified atom stereocenters. The molecule has 1 fully saturated rings. The van der Waals surface area contributed by atoms with E-state index in [0.717, 1.165) is 18.4 Å². The molecule has 8 heteroatoms. The Hall–Kier alpha value is -2.77. The SMILES string of the molecule is Cc1nnnn1C(Cc1ccccc1)C(=O)N1CCCC(CCC(=O)O)C1. The highest BCUT2D eigenvalue weighted by molar-refractivity contribution is 5.81. The number of aliphatic carboxylic acids is 1. The van der Waals surface area contributed by atoms with Crippen LogP contribution in [0.25, 0.3) is 0 Å². The van der Waals surface area contributed by atoms with Crippen molar-refractivity contribution in [3.8, 4) is 0 Å². The van der Waals surface area contributed by atoms with Gasteiger partial charge >= 0.3 is 5.97 Å². The Balaban J connectivity index is 1.76. The zero-order valence-electron chi connectivity index (χ0n) is 15.5. The first kappa shape index (κ1) is 19.0. The lowest BCUT2D eigenvalue weighted by Crippen LogP contribution is -2.44. The Labute approximate surface area is 158 Å². The van der Waals surface area contributed by atoms with E-state index < -0.39 is 12.0 Å². The number of hydrogen-bond acceptors (Lipinski definition) is 5. The van der Waals surface area contributed by atoms with Gasteiger partial charge in [-0.25, -0.2) is 4.68 Å². The number of piperidine rings is 1. The van der Waals surface area contributed by atoms with E-state index in [2.05, 4.69) is 15.5 Å². The average Bonchev–Trinajstić information content (AvgIpc) is 3.10. The van der Waals surface area contributed by atoms with Crippen molar-refractivity contribution in [2.24, 2.45) is 5.92 Å². The van der Waals surface area contributed by atoms with Gasteiger partial charge in [-0.1, -0.05) is 30.3 Å². The van der Waals surface area contributed by atoms with E-state index in [1.54, 1.807) is 11.6 Å². The average molecular weight is 371 g/mol. The number of nitrogens with zero attached hydrogens (tertiary/aromatic N) is 5. The van der Waals surface area contributed by atoms with Gasteiger partial charge in [-0.05, 0) is 48.1 Å². The van der Waals surface area contributed by atoms with Gasteiger partial charge in [0, 0.05) is 25.9 Å². The first-order valence-electron chi connectivity index (χ1n) is 9.33. The number of aromatic nitrogens is 4. The predicted octanol–water partition coefficient (Wildman–Crippen LogP) is 1.87. The van der Waals surface area contributed by atoms with E-state index in [9.17, 15) is 9.59 Å². The Morgan fingerprint density at radius 3 is 2.74 bits per heavy atom. The summed E-state index contributed by atoms with van der Waals surface area (Å²) in [6.45, 7) is 3.07. The van der Waals surface area contributed by atoms with Crippen molar-refractivity contribution in [1.82, 2.24) is 25.1 Å². The first-order valence-corrected chi connectivity index (χ1v) is 9.33. The molecule has 1 amide bonds. The molecule has 1 N–H and O–H groups in total. The smallest absolute Gasteiger partial charge is 0.303 e. The van der Waals surface area contributed by atoms with Gasteiger partial charge in [0.05, 0.1) is 0 Å². The van der Waals surface area contributed by atoms with Gasteiger partial charge in [-0.2, -0.15) is 0 Å². The number of aryl methyl sites for hydroxylation is 1. The normalized spacial score (nSPS) is 18.3. The van der Waals surface area contributed by atoms with Crippen molar-refractivity contribution in [1.29, 1.82) is 0 Å². The van der Waals surface area contributed by atoms with Crippen LogP contribution in [0.15, 0.2) is 30.3 Å². The van der Waals surface area contributed by atoms with Crippen molar-refractivity contribution < 1.29 is 14.7 Å². The van der Waals surface area contributed by atoms with Gasteiger partial charge in [0.15, 0.2) is 0 Å². The highest BCUT2D eigenvalue weighted by atomic mass is 16.4. The van der Waals surface area contributed by atoms with Crippen LogP contribution in [-0.2, 0) is 16.0 Å². The zero-order valence-corrected chi connectivity index (χ0v) is 15.5. The highest BCUT2D eigenvalue weighted by Crippen LogP contribution is 2.25. The van der Waals surface area contributed by atoms with Gasteiger partial charge in [-0.3, -0.25) is 9.59 Å². The van der Waals surface area contributed by atoms with Gasteiger partial charge in [0.2, 0.25) is 5.91 Å². The molecule has 0 saturated carbocycles. The molecular weight excluding hydrogens is 346 g/mol. The maximum atomic E-state index is 13.3. The number of benzene rings is 1. The fraction of sp³-hybridized carbons (Fsp3) is 0.526. The predicted molar refractivity (Wildman–Crippen MR) is 97.9 cm³/mol. The van der Waals surface area contributed by atoms with Crippen molar-refractivity contribution in [3.63, 3.8) is 0 Å². The lowest BCUT2D eigenvalue weighted by molar-refractivity contribution is -0.138. The van der Waals surface area contributed by atoms with Crippen LogP contribution in [-0.4, -0.2) is 55.2 Å². The van der Waals surface area contributed by atoms with Crippen molar-refractivity contribution in [3.05, 3.63) is 41.7 Å². The summed E-state index contributed by atoms with van der Waals surface area (Å²) < 4.78 is 1.59. The second-order valence-corrected chi connectivity index (χ2v) is 7.10. The second kappa shape index (κ2) is 8.75. The molecule has 1 aliphatic rings. The number of carboxylic acid groups (broad SMARTS) is 1. The molecule has 1 aromatic heterocycles. The van der Waals surface area contributed by atoms with Gasteiger partial charge in [-0.15, -0.1) is 5.10 Å². The third kappa shape index (κ3) is 4.90. The Morgan fingerprint density at radius 2 is 2.07 bits per heavy atom. The van der Waals surface area contributed by atoms with E-state index in [0.29, 0.717) is 31.8 Å². The molecule has 0 spiro atoms. The van der Waals surface area contributed by atoms with E-state index in [4.69, 9.17) is 5.11 Å². The van der Waals surface area contributed by atoms with Crippen LogP contribution in [0, 0.1) is 12.8 Å². The van der Waals surface area contributed by atoms with E-state index in [1.807, 2.05) is 35.2 Å². The Morgan fingerprint density at radius 1 is 1.30 bits per heavy atom. The van der Waals surface area contributed by atoms with Crippen LogP contribution in [0.4, 0.5) is 0 Å². The summed E-state index contributed by atoms with van der Waals surface area (Å²) in [5.74, 6) is 0.0360. The topological polar surface area (TPSA) is 101 Å². The standard InChI is InChI=1S/C19H25N5O3/c1-14-20-21-22-24(14)17(12-15-6-3-2-4-7-15)19(27)23-11-5-8-16(13-23)9-10-18(25)26/h2-4,6-7,16-17H,5,8-13H2,1H3,(H,25,26). The molecule has 0 radical (unpaired) electrons. The van der Waals surface area contributed by atoms with Crippen molar-refractivity contribution in [2.45, 2.75) is 45.1 Å². The third-order valence-electron chi connectivity index (χ3n) is 5.11. The zero-order chi connectivity index (χ0) is 19.2. The number of tetrazole rings is 1. The maximum absolute atomic E-state index is 13.3. The van der Waals surface area contributed by atoms with Gasteiger partial charge in [0.25, 0.3) is 0 Å². The number of likely N-dealkylation sites (tertiary alicyclic amines) is 1. The summed E-state index contributed by atoms with van der Waals surface area (Å²) >= 11 is 0. The lowest BCUT2D eigenvalue weighted by atomic mass is 9.92. The monoisotopic (exact) mass is 371 g/mol. The van der Waals surface area contributed by atoms with Crippen molar-refractivity contribution >= 4 is 11.9 Å². The number of hydrogen-bond donors (Lipinski definition) is 1. The van der Waals surface area contributed by atoms with Crippen LogP contribution in [0.5, 0.6) is 0 Å². The molecule has 27 heavy (non-hydrogen) atoms. The van der Waals surface area contributed by atoms with Gasteiger partial charge in [0.1, 0.15) is 11.9 Å². The minimum absolute atomic E-state index is 0.00530. The van der Waals surface area contributed by atoms with E-state index in [1.165, 1.54) is 0 Å². The Bertz CT molecular complexity index is 777. The molecule has 1 saturated heterocycles. The molecule has 0 bridgehead atoms. The fourth-order valence-electron chi connectivity index (χ4n) is 3.68. The van der Waals surface area contributed by atoms with Crippen LogP contribution >= 0.6 is 0 Å². The maximum Gasteiger partial charge on any atom is 0.303 e. The summed E-state index contributed by atoms with van der Waals surface area (Å²) in [6, 6.07) is 9.33. The molecule has 1 aliphatic heterocycles. The quantitative estimate of drug-likeness (QED) is 0.797. The van der Waals surface area contributed by atoms with Gasteiger partial charge < -0.3 is 10.0 Å². The summed E-state index contributed by atoms with van der Waals surface area (Å²) in [5.41, 5.74) is 1.05. The minimum Gasteiger partial charge on any atom is -0.481 e. The lowest BCUT2D eigenvalue weighted by Gasteiger charge is -2.35. The largest absolute Gasteiger partial charge is 0.481 e. The van der Waals surface area contributed by atoms with Crippen LogP contribution in [0.3, 0.4) is 0 Å². The summed E-state index contributed by atoms with van der Waals surface area (Å²) in [4.78, 5) is 26.0. The third-order valence-corrected chi connectivity index (χ3v) is 5.11. The minimum atomic E-state index is -0.787. The molecule has 144 valence electrons. The molecule has 8 nitrogen and oxygen atoms in total. The number of carbonyl (C=O) groups is 2. The van der Waals surface area contributed by atoms with Crippen LogP contribution in [0.2, 0.25) is 0 Å². The van der Waals surface area contributed by atoms with Crippen LogP contribution in [0.1, 0.15) is 43.1 Å². The van der Waals surface area contributed by atoms with Crippen LogP contribution < -0.4 is 0 Å². The summed E-state index contributed by atoms with van der Waals surface area (Å²) in [5, 5.41) is 20.6. The number of carbonyl (C=O) groups excluding carboxylic acids is 1. The Kier molecular flexibility index (Phi) is 6.16. The number of carboxylic acids is 1. The summed E-state index contributed by atoms with van der Waals surface area (Å²) in [6.07, 6.45) is 3.12.